The molecule has 0 saturated heterocycles. The summed E-state index contributed by atoms with van der Waals surface area (Å²) in [4.78, 5) is 2.35. The number of hydrogen-bond acceptors (Lipinski definition) is 2. The molecule has 11 rings (SSSR count). The Hall–Kier alpha value is -7.20. The summed E-state index contributed by atoms with van der Waals surface area (Å²) in [6.45, 7) is 7.91. The van der Waals surface area contributed by atoms with E-state index in [0.717, 1.165) is 28.2 Å². The third-order valence-electron chi connectivity index (χ3n) is 11.5. The summed E-state index contributed by atoms with van der Waals surface area (Å²) in [5, 5.41) is 7.78. The maximum Gasteiger partial charge on any atom is 0.0620 e. The third-order valence-corrected chi connectivity index (χ3v) is 12.6. The maximum atomic E-state index is 4.02. The average Bonchev–Trinajstić information content (AvgIpc) is 3.93. The lowest BCUT2D eigenvalue weighted by molar-refractivity contribution is 1.29. The zero-order valence-electron chi connectivity index (χ0n) is 31.2. The molecule has 8 aromatic carbocycles. The minimum Gasteiger partial charge on any atom is -0.310 e. The fourth-order valence-corrected chi connectivity index (χ4v) is 9.97. The molecule has 0 aliphatic heterocycles. The molecule has 0 aliphatic carbocycles. The second kappa shape index (κ2) is 13.2. The highest BCUT2D eigenvalue weighted by molar-refractivity contribution is 7.25. The van der Waals surface area contributed by atoms with E-state index in [0.29, 0.717) is 0 Å². The zero-order chi connectivity index (χ0) is 38.0. The summed E-state index contributed by atoms with van der Waals surface area (Å²) < 4.78 is 4.99. The molecule has 0 N–H and O–H groups in total. The zero-order valence-corrected chi connectivity index (χ0v) is 32.0. The Labute approximate surface area is 335 Å². The van der Waals surface area contributed by atoms with Crippen molar-refractivity contribution in [1.29, 1.82) is 0 Å². The molecule has 3 heterocycles. The predicted molar refractivity (Wildman–Crippen MR) is 248 cm³/mol. The van der Waals surface area contributed by atoms with Crippen LogP contribution < -0.4 is 4.90 Å². The van der Waals surface area contributed by atoms with Crippen LogP contribution in [0.1, 0.15) is 5.56 Å². The Bertz CT molecular complexity index is 3360. The number of fused-ring (bicyclic) bond motifs is 9. The van der Waals surface area contributed by atoms with Crippen LogP contribution in [-0.2, 0) is 0 Å². The van der Waals surface area contributed by atoms with Gasteiger partial charge >= 0.3 is 0 Å². The molecular formula is C54H36N2S. The molecule has 268 valence electrons. The second-order valence-electron chi connectivity index (χ2n) is 14.6. The Morgan fingerprint density at radius 2 is 1.04 bits per heavy atom. The standard InChI is InChI=1S/C54H36N2S/c1-3-11-35(4-2)37-18-24-41(25-19-37)55(42-26-20-38(21-27-42)36-12-6-5-7-13-36)43-28-30-46-45-29-22-40(33-52(45)57-53(46)34-43)39-23-31-51-49(32-39)48-16-10-15-47-44-14-8-9-17-50(44)56(51)54(47)48/h3-34H,1-2H2/b35-11+. The Balaban J connectivity index is 1.00. The molecule has 0 bridgehead atoms. The number of aromatic nitrogens is 1. The summed E-state index contributed by atoms with van der Waals surface area (Å²) in [6.07, 6.45) is 5.68. The molecule has 3 aromatic heterocycles. The minimum atomic E-state index is 1.04. The number of rotatable bonds is 8. The molecule has 3 heteroatoms. The van der Waals surface area contributed by atoms with E-state index in [-0.39, 0.29) is 0 Å². The lowest BCUT2D eigenvalue weighted by Gasteiger charge is -2.26. The van der Waals surface area contributed by atoms with E-state index in [1.165, 1.54) is 80.5 Å². The van der Waals surface area contributed by atoms with Crippen molar-refractivity contribution in [3.05, 3.63) is 213 Å². The van der Waals surface area contributed by atoms with Gasteiger partial charge in [0, 0.05) is 58.8 Å². The number of benzene rings is 8. The molecule has 2 nitrogen and oxygen atoms in total. The number of hydrogen-bond donors (Lipinski definition) is 0. The highest BCUT2D eigenvalue weighted by Crippen LogP contribution is 2.44. The van der Waals surface area contributed by atoms with E-state index in [1.54, 1.807) is 6.08 Å². The number of anilines is 3. The summed E-state index contributed by atoms with van der Waals surface area (Å²) >= 11 is 1.86. The van der Waals surface area contributed by atoms with Gasteiger partial charge in [0.1, 0.15) is 0 Å². The van der Waals surface area contributed by atoms with Gasteiger partial charge in [-0.1, -0.05) is 147 Å². The van der Waals surface area contributed by atoms with Gasteiger partial charge < -0.3 is 9.30 Å². The van der Waals surface area contributed by atoms with E-state index in [2.05, 4.69) is 198 Å². The average molecular weight is 745 g/mol. The minimum absolute atomic E-state index is 1.04. The van der Waals surface area contributed by atoms with Crippen molar-refractivity contribution in [2.24, 2.45) is 0 Å². The van der Waals surface area contributed by atoms with Crippen LogP contribution >= 0.6 is 11.3 Å². The van der Waals surface area contributed by atoms with E-state index < -0.39 is 0 Å². The van der Waals surface area contributed by atoms with E-state index in [1.807, 2.05) is 23.5 Å². The van der Waals surface area contributed by atoms with Crippen LogP contribution in [0.15, 0.2) is 207 Å². The Kier molecular flexibility index (Phi) is 7.70. The number of allylic oxidation sites excluding steroid dienone is 4. The first-order valence-electron chi connectivity index (χ1n) is 19.3. The van der Waals surface area contributed by atoms with Crippen molar-refractivity contribution in [3.8, 4) is 22.3 Å². The van der Waals surface area contributed by atoms with Crippen molar-refractivity contribution in [1.82, 2.24) is 4.40 Å². The molecule has 57 heavy (non-hydrogen) atoms. The first kappa shape index (κ1) is 33.2. The summed E-state index contributed by atoms with van der Waals surface area (Å²) in [6, 6.07) is 64.5. The largest absolute Gasteiger partial charge is 0.310 e. The summed E-state index contributed by atoms with van der Waals surface area (Å²) in [5.41, 5.74) is 14.1. The lowest BCUT2D eigenvalue weighted by Crippen LogP contribution is -2.09. The molecule has 0 amide bonds. The Morgan fingerprint density at radius 3 is 1.81 bits per heavy atom. The van der Waals surface area contributed by atoms with Crippen LogP contribution in [0.2, 0.25) is 0 Å². The van der Waals surface area contributed by atoms with Gasteiger partial charge in [-0.25, -0.2) is 0 Å². The first-order chi connectivity index (χ1) is 28.2. The van der Waals surface area contributed by atoms with Crippen molar-refractivity contribution in [3.63, 3.8) is 0 Å². The van der Waals surface area contributed by atoms with Crippen LogP contribution in [0.4, 0.5) is 17.1 Å². The van der Waals surface area contributed by atoms with Gasteiger partial charge in [-0.15, -0.1) is 11.3 Å². The molecule has 11 aromatic rings. The molecule has 0 atom stereocenters. The Morgan fingerprint density at radius 1 is 0.456 bits per heavy atom. The molecule has 0 unspecified atom stereocenters. The number of thiophene rings is 1. The first-order valence-corrected chi connectivity index (χ1v) is 20.1. The van der Waals surface area contributed by atoms with E-state index >= 15 is 0 Å². The normalized spacial score (nSPS) is 12.1. The van der Waals surface area contributed by atoms with Crippen molar-refractivity contribution >= 4 is 92.2 Å². The summed E-state index contributed by atoms with van der Waals surface area (Å²) in [7, 11) is 0. The molecule has 0 radical (unpaired) electrons. The van der Waals surface area contributed by atoms with Crippen molar-refractivity contribution in [2.45, 2.75) is 0 Å². The fourth-order valence-electron chi connectivity index (χ4n) is 8.79. The van der Waals surface area contributed by atoms with Crippen molar-refractivity contribution < 1.29 is 0 Å². The second-order valence-corrected chi connectivity index (χ2v) is 15.7. The van der Waals surface area contributed by atoms with Gasteiger partial charge in [-0.05, 0) is 94.1 Å². The van der Waals surface area contributed by atoms with Gasteiger partial charge in [0.15, 0.2) is 0 Å². The van der Waals surface area contributed by atoms with Gasteiger partial charge in [0.25, 0.3) is 0 Å². The number of nitrogens with zero attached hydrogens (tertiary/aromatic N) is 2. The third kappa shape index (κ3) is 5.32. The van der Waals surface area contributed by atoms with Gasteiger partial charge in [-0.3, -0.25) is 0 Å². The van der Waals surface area contributed by atoms with Crippen LogP contribution in [0.5, 0.6) is 0 Å². The van der Waals surface area contributed by atoms with Gasteiger partial charge in [-0.2, -0.15) is 0 Å². The quantitative estimate of drug-likeness (QED) is 0.141. The highest BCUT2D eigenvalue weighted by Gasteiger charge is 2.19. The SMILES string of the molecule is C=C/C=C(\C=C)c1ccc(N(c2ccc(-c3ccccc3)cc2)c2ccc3c(c2)sc2cc(-c4ccc5c(c4)c4cccc6c7ccccc7n5c64)ccc23)cc1. The van der Waals surface area contributed by atoms with Crippen LogP contribution in [-0.4, -0.2) is 4.40 Å². The molecule has 0 fully saturated rings. The van der Waals surface area contributed by atoms with Crippen LogP contribution in [0, 0.1) is 0 Å². The van der Waals surface area contributed by atoms with E-state index in [9.17, 15) is 0 Å². The summed E-state index contributed by atoms with van der Waals surface area (Å²) in [5.74, 6) is 0. The monoisotopic (exact) mass is 744 g/mol. The lowest BCUT2D eigenvalue weighted by atomic mass is 10.0. The molecule has 0 saturated carbocycles. The molecular weight excluding hydrogens is 709 g/mol. The van der Waals surface area contributed by atoms with E-state index in [4.69, 9.17) is 0 Å². The highest BCUT2D eigenvalue weighted by atomic mass is 32.1. The van der Waals surface area contributed by atoms with Crippen molar-refractivity contribution in [2.75, 3.05) is 4.90 Å². The fraction of sp³-hybridized carbons (Fsp3) is 0. The van der Waals surface area contributed by atoms with Gasteiger partial charge in [0.05, 0.1) is 16.6 Å². The molecule has 0 aliphatic rings. The maximum absolute atomic E-state index is 4.02. The van der Waals surface area contributed by atoms with Crippen LogP contribution in [0.25, 0.3) is 86.1 Å². The predicted octanol–water partition coefficient (Wildman–Crippen LogP) is 15.8. The van der Waals surface area contributed by atoms with Gasteiger partial charge in [0.2, 0.25) is 0 Å². The topological polar surface area (TPSA) is 7.65 Å². The number of para-hydroxylation sites is 2. The molecule has 0 spiro atoms. The smallest absolute Gasteiger partial charge is 0.0620 e. The van der Waals surface area contributed by atoms with Crippen LogP contribution in [0.3, 0.4) is 0 Å².